The fraction of sp³-hybridized carbons (Fsp3) is 0.923. The summed E-state index contributed by atoms with van der Waals surface area (Å²) in [5.74, 6) is 0. The highest BCUT2D eigenvalue weighted by molar-refractivity contribution is 4.81. The Bertz CT molecular complexity index is 405. The van der Waals surface area contributed by atoms with E-state index in [1.807, 2.05) is 0 Å². The van der Waals surface area contributed by atoms with Crippen LogP contribution in [0.3, 0.4) is 0 Å². The Hall–Kier alpha value is -0.460. The van der Waals surface area contributed by atoms with Gasteiger partial charge in [-0.05, 0) is 32.1 Å². The lowest BCUT2D eigenvalue weighted by Gasteiger charge is -2.29. The Balaban J connectivity index is 1.85. The number of aliphatic hydroxyl groups is 2. The Kier molecular flexibility index (Phi) is 18.6. The van der Waals surface area contributed by atoms with Gasteiger partial charge >= 0.3 is 0 Å². The predicted octanol–water partition coefficient (Wildman–Crippen LogP) is 5.43. The summed E-state index contributed by atoms with van der Waals surface area (Å²) in [6, 6.07) is 0. The van der Waals surface area contributed by atoms with Gasteiger partial charge in [0.2, 0.25) is 0 Å². The van der Waals surface area contributed by atoms with Crippen LogP contribution < -0.4 is 0 Å². The smallest absolute Gasteiger partial charge is 0.104 e. The molecule has 1 heterocycles. The third-order valence-electron chi connectivity index (χ3n) is 5.99. The molecule has 5 heteroatoms. The normalized spacial score (nSPS) is 16.4. The summed E-state index contributed by atoms with van der Waals surface area (Å²) >= 11 is 0. The van der Waals surface area contributed by atoms with Crippen molar-refractivity contribution in [3.8, 4) is 0 Å². The van der Waals surface area contributed by atoms with Crippen LogP contribution in [-0.4, -0.2) is 62.6 Å². The van der Waals surface area contributed by atoms with E-state index < -0.39 is 5.41 Å². The van der Waals surface area contributed by atoms with Gasteiger partial charge in [0.25, 0.3) is 0 Å². The minimum atomic E-state index is -0.711. The van der Waals surface area contributed by atoms with Crippen LogP contribution in [0.4, 0.5) is 0 Å². The summed E-state index contributed by atoms with van der Waals surface area (Å²) in [4.78, 5) is 0. The number of allylic oxidation sites excluding steroid dienone is 2. The first-order valence-electron chi connectivity index (χ1n) is 12.9. The molecule has 1 saturated heterocycles. The lowest BCUT2D eigenvalue weighted by Crippen LogP contribution is -2.40. The van der Waals surface area contributed by atoms with Crippen molar-refractivity contribution >= 4 is 0 Å². The summed E-state index contributed by atoms with van der Waals surface area (Å²) < 4.78 is 16.4. The molecule has 0 aromatic heterocycles. The van der Waals surface area contributed by atoms with Gasteiger partial charge in [-0.2, -0.15) is 0 Å². The molecule has 5 nitrogen and oxygen atoms in total. The molecule has 31 heavy (non-hydrogen) atoms. The number of unbranched alkanes of at least 4 members (excludes halogenated alkanes) is 12. The molecule has 1 fully saturated rings. The number of epoxide rings is 1. The average Bonchev–Trinajstić information content (AvgIpc) is 3.61. The van der Waals surface area contributed by atoms with Gasteiger partial charge in [-0.1, -0.05) is 76.9 Å². The van der Waals surface area contributed by atoms with Crippen molar-refractivity contribution in [1.82, 2.24) is 0 Å². The summed E-state index contributed by atoms with van der Waals surface area (Å²) in [5, 5.41) is 19.3. The zero-order chi connectivity index (χ0) is 22.5. The molecular formula is C26H50O5. The van der Waals surface area contributed by atoms with E-state index in [0.29, 0.717) is 26.4 Å². The van der Waals surface area contributed by atoms with Gasteiger partial charge in [0.05, 0.1) is 45.1 Å². The van der Waals surface area contributed by atoms with Crippen LogP contribution in [0.2, 0.25) is 0 Å². The van der Waals surface area contributed by atoms with Crippen molar-refractivity contribution in [2.24, 2.45) is 5.41 Å². The molecule has 1 aliphatic heterocycles. The number of rotatable bonds is 24. The molecule has 0 bridgehead atoms. The molecule has 0 aromatic rings. The van der Waals surface area contributed by atoms with Gasteiger partial charge in [0.1, 0.15) is 6.10 Å². The third kappa shape index (κ3) is 16.8. The second-order valence-corrected chi connectivity index (χ2v) is 9.28. The molecule has 1 atom stereocenters. The Morgan fingerprint density at radius 2 is 1.29 bits per heavy atom. The average molecular weight is 443 g/mol. The third-order valence-corrected chi connectivity index (χ3v) is 5.99. The second-order valence-electron chi connectivity index (χ2n) is 9.28. The number of ether oxygens (including phenoxy) is 3. The van der Waals surface area contributed by atoms with E-state index in [0.717, 1.165) is 13.0 Å². The number of aliphatic hydroxyl groups excluding tert-OH is 2. The van der Waals surface area contributed by atoms with E-state index in [-0.39, 0.29) is 19.3 Å². The number of hydrogen-bond acceptors (Lipinski definition) is 5. The molecule has 1 aliphatic rings. The summed E-state index contributed by atoms with van der Waals surface area (Å²) in [6.07, 6.45) is 23.0. The highest BCUT2D eigenvalue weighted by Crippen LogP contribution is 2.19. The number of hydrogen-bond donors (Lipinski definition) is 2. The van der Waals surface area contributed by atoms with Gasteiger partial charge in [-0.25, -0.2) is 0 Å². The van der Waals surface area contributed by atoms with Crippen LogP contribution in [0.25, 0.3) is 0 Å². The molecule has 0 amide bonds. The van der Waals surface area contributed by atoms with E-state index in [9.17, 15) is 10.2 Å². The van der Waals surface area contributed by atoms with Crippen molar-refractivity contribution < 1.29 is 24.4 Å². The minimum Gasteiger partial charge on any atom is -0.396 e. The van der Waals surface area contributed by atoms with Crippen molar-refractivity contribution in [1.29, 1.82) is 0 Å². The first-order valence-corrected chi connectivity index (χ1v) is 12.9. The van der Waals surface area contributed by atoms with Crippen molar-refractivity contribution in [3.63, 3.8) is 0 Å². The largest absolute Gasteiger partial charge is 0.396 e. The quantitative estimate of drug-likeness (QED) is 0.119. The Labute approximate surface area is 191 Å². The first kappa shape index (κ1) is 28.6. The standard InChI is InChI=1S/C26H50O5/c1-2-3-4-5-6-7-8-9-10-11-12-13-14-15-16-17-18-29-23-26(21-27,22-28)24-30-19-25-20-31-25/h9-10,25,27-28H,2-8,11-24H2,1H3. The van der Waals surface area contributed by atoms with E-state index in [2.05, 4.69) is 19.1 Å². The molecule has 2 N–H and O–H groups in total. The fourth-order valence-electron chi connectivity index (χ4n) is 3.59. The van der Waals surface area contributed by atoms with Gasteiger partial charge < -0.3 is 24.4 Å². The van der Waals surface area contributed by atoms with Gasteiger partial charge in [-0.15, -0.1) is 0 Å². The topological polar surface area (TPSA) is 71.5 Å². The second kappa shape index (κ2) is 20.2. The fourth-order valence-corrected chi connectivity index (χ4v) is 3.59. The van der Waals surface area contributed by atoms with Crippen LogP contribution >= 0.6 is 0 Å². The van der Waals surface area contributed by atoms with Crippen LogP contribution in [0.1, 0.15) is 96.8 Å². The molecule has 1 rings (SSSR count). The molecule has 0 saturated carbocycles. The maximum absolute atomic E-state index is 9.64. The highest BCUT2D eigenvalue weighted by Gasteiger charge is 2.31. The summed E-state index contributed by atoms with van der Waals surface area (Å²) in [6.45, 7) is 4.57. The van der Waals surface area contributed by atoms with Crippen molar-refractivity contribution in [3.05, 3.63) is 12.2 Å². The van der Waals surface area contributed by atoms with Gasteiger partial charge in [0.15, 0.2) is 0 Å². The van der Waals surface area contributed by atoms with Crippen molar-refractivity contribution in [2.75, 3.05) is 46.2 Å². The molecule has 1 unspecified atom stereocenters. The molecule has 0 aliphatic carbocycles. The molecular weight excluding hydrogens is 392 g/mol. The SMILES string of the molecule is CCCCCCCCC=CCCCCCCCCOCC(CO)(CO)COCC1CO1. The molecule has 184 valence electrons. The van der Waals surface area contributed by atoms with Gasteiger partial charge in [-0.3, -0.25) is 0 Å². The van der Waals surface area contributed by atoms with E-state index in [1.54, 1.807) is 0 Å². The zero-order valence-corrected chi connectivity index (χ0v) is 20.2. The Morgan fingerprint density at radius 3 is 1.84 bits per heavy atom. The lowest BCUT2D eigenvalue weighted by molar-refractivity contribution is -0.0788. The van der Waals surface area contributed by atoms with Crippen LogP contribution in [0, 0.1) is 5.41 Å². The predicted molar refractivity (Wildman–Crippen MR) is 127 cm³/mol. The minimum absolute atomic E-state index is 0.136. The van der Waals surface area contributed by atoms with Crippen molar-refractivity contribution in [2.45, 2.75) is 103 Å². The maximum atomic E-state index is 9.64. The van der Waals surface area contributed by atoms with E-state index >= 15 is 0 Å². The van der Waals surface area contributed by atoms with E-state index in [1.165, 1.54) is 83.5 Å². The first-order chi connectivity index (χ1) is 15.3. The molecule has 0 aromatic carbocycles. The van der Waals surface area contributed by atoms with Crippen LogP contribution in [-0.2, 0) is 14.2 Å². The van der Waals surface area contributed by atoms with Gasteiger partial charge in [0, 0.05) is 6.61 Å². The lowest BCUT2D eigenvalue weighted by atomic mass is 9.92. The molecule has 0 spiro atoms. The monoisotopic (exact) mass is 442 g/mol. The maximum Gasteiger partial charge on any atom is 0.104 e. The van der Waals surface area contributed by atoms with Crippen LogP contribution in [0.5, 0.6) is 0 Å². The summed E-state index contributed by atoms with van der Waals surface area (Å²) in [5.41, 5.74) is -0.711. The zero-order valence-electron chi connectivity index (χ0n) is 20.2. The van der Waals surface area contributed by atoms with E-state index in [4.69, 9.17) is 14.2 Å². The van der Waals surface area contributed by atoms with Crippen LogP contribution in [0.15, 0.2) is 12.2 Å². The Morgan fingerprint density at radius 1 is 0.774 bits per heavy atom. The molecule has 0 radical (unpaired) electrons. The summed E-state index contributed by atoms with van der Waals surface area (Å²) in [7, 11) is 0. The highest BCUT2D eigenvalue weighted by atomic mass is 16.6.